The normalized spacial score (nSPS) is 13.5. The van der Waals surface area contributed by atoms with Crippen molar-refractivity contribution in [2.24, 2.45) is 0 Å². The van der Waals surface area contributed by atoms with E-state index < -0.39 is 5.97 Å². The van der Waals surface area contributed by atoms with Crippen LogP contribution in [0.15, 0.2) is 52.9 Å². The summed E-state index contributed by atoms with van der Waals surface area (Å²) < 4.78 is 10.8. The Hall–Kier alpha value is -3.08. The number of nitrogens with zero attached hydrogens (tertiary/aromatic N) is 1. The number of rotatable bonds is 3. The number of amides is 1. The van der Waals surface area contributed by atoms with E-state index in [1.54, 1.807) is 11.0 Å². The number of aryl methyl sites for hydroxylation is 1. The molecule has 0 N–H and O–H groups in total. The lowest BCUT2D eigenvalue weighted by Gasteiger charge is -2.28. The molecule has 5 nitrogen and oxygen atoms in total. The van der Waals surface area contributed by atoms with Crippen LogP contribution in [0.1, 0.15) is 27.2 Å². The van der Waals surface area contributed by atoms with Crippen LogP contribution in [0.3, 0.4) is 0 Å². The molecule has 0 fully saturated rings. The van der Waals surface area contributed by atoms with Crippen LogP contribution >= 0.6 is 0 Å². The van der Waals surface area contributed by atoms with Gasteiger partial charge in [-0.15, -0.1) is 0 Å². The van der Waals surface area contributed by atoms with Crippen molar-refractivity contribution in [3.8, 4) is 0 Å². The third kappa shape index (κ3) is 2.96. The van der Waals surface area contributed by atoms with Crippen LogP contribution in [0.5, 0.6) is 0 Å². The number of hydrogen-bond acceptors (Lipinski definition) is 4. The standard InChI is InChI=1S/C21H19NO4/c1-14-17-8-4-5-9-18(17)26-20(14)21(24)25-13-19(23)22-11-10-15-6-2-3-7-16(15)12-22/h2-9H,10-13H2,1H3. The van der Waals surface area contributed by atoms with Crippen molar-refractivity contribution >= 4 is 22.8 Å². The average Bonchev–Trinajstić information content (AvgIpc) is 3.02. The lowest BCUT2D eigenvalue weighted by molar-refractivity contribution is -0.135. The van der Waals surface area contributed by atoms with Crippen LogP contribution < -0.4 is 0 Å². The second-order valence-electron chi connectivity index (χ2n) is 6.46. The van der Waals surface area contributed by atoms with Gasteiger partial charge in [-0.2, -0.15) is 0 Å². The second kappa shape index (κ2) is 6.67. The van der Waals surface area contributed by atoms with E-state index in [0.29, 0.717) is 18.7 Å². The van der Waals surface area contributed by atoms with Gasteiger partial charge in [0.25, 0.3) is 5.91 Å². The maximum atomic E-state index is 12.4. The molecule has 0 bridgehead atoms. The molecule has 5 heteroatoms. The first-order valence-corrected chi connectivity index (χ1v) is 8.63. The number of benzene rings is 2. The predicted octanol–water partition coefficient (Wildman–Crippen LogP) is 3.48. The smallest absolute Gasteiger partial charge is 0.375 e. The fourth-order valence-electron chi connectivity index (χ4n) is 3.36. The molecule has 0 unspecified atom stereocenters. The van der Waals surface area contributed by atoms with E-state index >= 15 is 0 Å². The number of carbonyl (C=O) groups is 2. The second-order valence-corrected chi connectivity index (χ2v) is 6.46. The van der Waals surface area contributed by atoms with E-state index in [2.05, 4.69) is 6.07 Å². The largest absolute Gasteiger partial charge is 0.450 e. The van der Waals surface area contributed by atoms with Gasteiger partial charge in [-0.1, -0.05) is 42.5 Å². The van der Waals surface area contributed by atoms with Gasteiger partial charge in [0.05, 0.1) is 0 Å². The molecular weight excluding hydrogens is 330 g/mol. The van der Waals surface area contributed by atoms with E-state index in [-0.39, 0.29) is 18.3 Å². The van der Waals surface area contributed by atoms with Crippen molar-refractivity contribution in [3.05, 3.63) is 71.0 Å². The quantitative estimate of drug-likeness (QED) is 0.679. The summed E-state index contributed by atoms with van der Waals surface area (Å²) in [6.45, 7) is 2.72. The molecule has 26 heavy (non-hydrogen) atoms. The molecule has 132 valence electrons. The maximum absolute atomic E-state index is 12.4. The summed E-state index contributed by atoms with van der Waals surface area (Å²) in [4.78, 5) is 26.5. The average molecular weight is 349 g/mol. The summed E-state index contributed by atoms with van der Waals surface area (Å²) in [6.07, 6.45) is 0.818. The highest BCUT2D eigenvalue weighted by molar-refractivity contribution is 5.96. The Morgan fingerprint density at radius 1 is 1.08 bits per heavy atom. The van der Waals surface area contributed by atoms with Gasteiger partial charge in [0.1, 0.15) is 5.58 Å². The summed E-state index contributed by atoms with van der Waals surface area (Å²) >= 11 is 0. The van der Waals surface area contributed by atoms with Crippen molar-refractivity contribution in [3.63, 3.8) is 0 Å². The molecule has 2 heterocycles. The third-order valence-electron chi connectivity index (χ3n) is 4.84. The zero-order chi connectivity index (χ0) is 18.1. The summed E-state index contributed by atoms with van der Waals surface area (Å²) in [5.41, 5.74) is 3.78. The van der Waals surface area contributed by atoms with E-state index in [1.165, 1.54) is 5.56 Å². The molecule has 0 radical (unpaired) electrons. The molecule has 0 saturated carbocycles. The van der Waals surface area contributed by atoms with Crippen LogP contribution in [0.4, 0.5) is 0 Å². The zero-order valence-corrected chi connectivity index (χ0v) is 14.5. The third-order valence-corrected chi connectivity index (χ3v) is 4.84. The van der Waals surface area contributed by atoms with Gasteiger partial charge >= 0.3 is 5.97 Å². The zero-order valence-electron chi connectivity index (χ0n) is 14.5. The Labute approximate surface area is 151 Å². The fraction of sp³-hybridized carbons (Fsp3) is 0.238. The number of ether oxygens (including phenoxy) is 1. The minimum absolute atomic E-state index is 0.156. The molecule has 1 aliphatic rings. The number of fused-ring (bicyclic) bond motifs is 2. The molecule has 4 rings (SSSR count). The molecule has 1 aliphatic heterocycles. The molecule has 0 spiro atoms. The van der Waals surface area contributed by atoms with Gasteiger partial charge in [0, 0.05) is 24.0 Å². The molecular formula is C21H19NO4. The van der Waals surface area contributed by atoms with Gasteiger partial charge in [-0.05, 0) is 30.5 Å². The van der Waals surface area contributed by atoms with Crippen LogP contribution in [-0.4, -0.2) is 29.9 Å². The SMILES string of the molecule is Cc1c(C(=O)OCC(=O)N2CCc3ccccc3C2)oc2ccccc12. The lowest BCUT2D eigenvalue weighted by atomic mass is 10.00. The Bertz CT molecular complexity index is 989. The lowest BCUT2D eigenvalue weighted by Crippen LogP contribution is -2.38. The van der Waals surface area contributed by atoms with E-state index in [9.17, 15) is 9.59 Å². The first-order chi connectivity index (χ1) is 12.6. The Morgan fingerprint density at radius 3 is 2.62 bits per heavy atom. The fourth-order valence-corrected chi connectivity index (χ4v) is 3.36. The number of para-hydroxylation sites is 1. The number of esters is 1. The van der Waals surface area contributed by atoms with Gasteiger partial charge in [0.2, 0.25) is 5.76 Å². The summed E-state index contributed by atoms with van der Waals surface area (Å²) in [6, 6.07) is 15.5. The van der Waals surface area contributed by atoms with Crippen LogP contribution in [0.25, 0.3) is 11.0 Å². The van der Waals surface area contributed by atoms with Crippen molar-refractivity contribution in [1.82, 2.24) is 4.90 Å². The minimum atomic E-state index is -0.607. The first-order valence-electron chi connectivity index (χ1n) is 8.63. The number of furan rings is 1. The maximum Gasteiger partial charge on any atom is 0.375 e. The van der Waals surface area contributed by atoms with E-state index in [0.717, 1.165) is 22.9 Å². The highest BCUT2D eigenvalue weighted by Gasteiger charge is 2.23. The minimum Gasteiger partial charge on any atom is -0.450 e. The highest BCUT2D eigenvalue weighted by Crippen LogP contribution is 2.25. The predicted molar refractivity (Wildman–Crippen MR) is 96.8 cm³/mol. The summed E-state index contributed by atoms with van der Waals surface area (Å²) in [5, 5.41) is 0.874. The molecule has 3 aromatic rings. The summed E-state index contributed by atoms with van der Waals surface area (Å²) in [5.74, 6) is -0.644. The Morgan fingerprint density at radius 2 is 1.81 bits per heavy atom. The van der Waals surface area contributed by atoms with Gasteiger partial charge in [-0.3, -0.25) is 4.79 Å². The van der Waals surface area contributed by atoms with Crippen molar-refractivity contribution in [1.29, 1.82) is 0 Å². The number of hydrogen-bond donors (Lipinski definition) is 0. The van der Waals surface area contributed by atoms with E-state index in [1.807, 2.05) is 43.3 Å². The van der Waals surface area contributed by atoms with Crippen molar-refractivity contribution in [2.45, 2.75) is 19.9 Å². The topological polar surface area (TPSA) is 59.8 Å². The summed E-state index contributed by atoms with van der Waals surface area (Å²) in [7, 11) is 0. The van der Waals surface area contributed by atoms with Gasteiger partial charge in [0.15, 0.2) is 6.61 Å². The molecule has 1 amide bonds. The molecule has 0 saturated heterocycles. The first kappa shape index (κ1) is 16.4. The van der Waals surface area contributed by atoms with Crippen LogP contribution in [-0.2, 0) is 22.5 Å². The highest BCUT2D eigenvalue weighted by atomic mass is 16.5. The van der Waals surface area contributed by atoms with Gasteiger partial charge < -0.3 is 14.1 Å². The Kier molecular flexibility index (Phi) is 4.21. The molecule has 0 atom stereocenters. The Balaban J connectivity index is 1.41. The van der Waals surface area contributed by atoms with Gasteiger partial charge in [-0.25, -0.2) is 4.79 Å². The van der Waals surface area contributed by atoms with E-state index in [4.69, 9.17) is 9.15 Å². The molecule has 2 aromatic carbocycles. The van der Waals surface area contributed by atoms with Crippen molar-refractivity contribution < 1.29 is 18.7 Å². The van der Waals surface area contributed by atoms with Crippen LogP contribution in [0, 0.1) is 6.92 Å². The van der Waals surface area contributed by atoms with Crippen molar-refractivity contribution in [2.75, 3.05) is 13.2 Å². The molecule has 0 aliphatic carbocycles. The van der Waals surface area contributed by atoms with Crippen LogP contribution in [0.2, 0.25) is 0 Å². The number of carbonyl (C=O) groups excluding carboxylic acids is 2. The monoisotopic (exact) mass is 349 g/mol. The molecule has 1 aromatic heterocycles.